The molecule has 0 aromatic heterocycles. The highest BCUT2D eigenvalue weighted by molar-refractivity contribution is 5.31. The number of phenols is 1. The van der Waals surface area contributed by atoms with Crippen molar-refractivity contribution in [3.05, 3.63) is 29.8 Å². The van der Waals surface area contributed by atoms with E-state index in [1.165, 1.54) is 57.8 Å². The van der Waals surface area contributed by atoms with Gasteiger partial charge in [-0.05, 0) is 30.7 Å². The molecule has 2 atom stereocenters. The van der Waals surface area contributed by atoms with Gasteiger partial charge in [0.05, 0.1) is 0 Å². The average Bonchev–Trinajstić information content (AvgIpc) is 2.55. The third-order valence-corrected chi connectivity index (χ3v) is 5.62. The summed E-state index contributed by atoms with van der Waals surface area (Å²) in [5, 5.41) is 13.7. The lowest BCUT2D eigenvalue weighted by molar-refractivity contribution is 0.149. The van der Waals surface area contributed by atoms with Gasteiger partial charge in [-0.25, -0.2) is 0 Å². The van der Waals surface area contributed by atoms with Crippen molar-refractivity contribution in [2.24, 2.45) is 11.8 Å². The molecule has 2 nitrogen and oxygen atoms in total. The molecule has 116 valence electrons. The molecule has 3 rings (SSSR count). The Kier molecular flexibility index (Phi) is 5.18. The summed E-state index contributed by atoms with van der Waals surface area (Å²) in [4.78, 5) is 0. The molecule has 2 N–H and O–H groups in total. The zero-order valence-electron chi connectivity index (χ0n) is 13.1. The Morgan fingerprint density at radius 2 is 1.62 bits per heavy atom. The van der Waals surface area contributed by atoms with Crippen molar-refractivity contribution in [2.45, 2.75) is 70.4 Å². The lowest BCUT2D eigenvalue weighted by atomic mass is 9.71. The minimum absolute atomic E-state index is 0.426. The van der Waals surface area contributed by atoms with Gasteiger partial charge < -0.3 is 10.4 Å². The highest BCUT2D eigenvalue weighted by atomic mass is 16.3. The van der Waals surface area contributed by atoms with Gasteiger partial charge in [-0.1, -0.05) is 63.1 Å². The van der Waals surface area contributed by atoms with Crippen LogP contribution >= 0.6 is 0 Å². The summed E-state index contributed by atoms with van der Waals surface area (Å²) < 4.78 is 0. The van der Waals surface area contributed by atoms with E-state index in [2.05, 4.69) is 5.32 Å². The van der Waals surface area contributed by atoms with Crippen molar-refractivity contribution in [3.63, 3.8) is 0 Å². The minimum atomic E-state index is 0.426. The maximum atomic E-state index is 9.91. The van der Waals surface area contributed by atoms with E-state index in [-0.39, 0.29) is 0 Å². The van der Waals surface area contributed by atoms with Crippen molar-refractivity contribution in [3.8, 4) is 5.75 Å². The van der Waals surface area contributed by atoms with Crippen LogP contribution in [0.15, 0.2) is 24.3 Å². The number of nitrogens with one attached hydrogen (secondary N) is 1. The maximum absolute atomic E-state index is 9.91. The van der Waals surface area contributed by atoms with Crippen molar-refractivity contribution in [1.82, 2.24) is 5.32 Å². The second kappa shape index (κ2) is 7.31. The first-order chi connectivity index (χ1) is 10.3. The van der Waals surface area contributed by atoms with E-state index in [0.717, 1.165) is 23.9 Å². The summed E-state index contributed by atoms with van der Waals surface area (Å²) in [6.07, 6.45) is 12.7. The fraction of sp³-hybridized carbons (Fsp3) is 0.684. The van der Waals surface area contributed by atoms with Crippen LogP contribution in [0.2, 0.25) is 0 Å². The first kappa shape index (κ1) is 14.9. The Hall–Kier alpha value is -1.02. The molecule has 0 aliphatic heterocycles. The predicted molar refractivity (Wildman–Crippen MR) is 87.3 cm³/mol. The van der Waals surface area contributed by atoms with Gasteiger partial charge in [-0.2, -0.15) is 0 Å². The lowest BCUT2D eigenvalue weighted by Crippen LogP contribution is -2.42. The second-order valence-corrected chi connectivity index (χ2v) is 6.96. The summed E-state index contributed by atoms with van der Waals surface area (Å²) in [5.41, 5.74) is 1.03. The Labute approximate surface area is 129 Å². The number of para-hydroxylation sites is 1. The van der Waals surface area contributed by atoms with Crippen LogP contribution in [-0.2, 0) is 6.54 Å². The molecule has 0 saturated heterocycles. The van der Waals surface area contributed by atoms with E-state index >= 15 is 0 Å². The third kappa shape index (κ3) is 3.79. The van der Waals surface area contributed by atoms with Gasteiger partial charge in [0.1, 0.15) is 5.75 Å². The van der Waals surface area contributed by atoms with Crippen LogP contribution in [-0.4, -0.2) is 11.1 Å². The quantitative estimate of drug-likeness (QED) is 0.847. The van der Waals surface area contributed by atoms with Crippen molar-refractivity contribution in [1.29, 1.82) is 0 Å². The minimum Gasteiger partial charge on any atom is -0.508 e. The molecular formula is C19H29NO. The number of hydrogen-bond donors (Lipinski definition) is 2. The Morgan fingerprint density at radius 3 is 2.43 bits per heavy atom. The van der Waals surface area contributed by atoms with E-state index in [9.17, 15) is 5.11 Å². The fourth-order valence-corrected chi connectivity index (χ4v) is 4.44. The van der Waals surface area contributed by atoms with Gasteiger partial charge in [-0.3, -0.25) is 0 Å². The molecule has 0 spiro atoms. The number of hydrogen-bond acceptors (Lipinski definition) is 2. The van der Waals surface area contributed by atoms with Crippen LogP contribution < -0.4 is 5.32 Å². The van der Waals surface area contributed by atoms with Gasteiger partial charge in [0.15, 0.2) is 0 Å². The van der Waals surface area contributed by atoms with Gasteiger partial charge >= 0.3 is 0 Å². The number of benzene rings is 1. The molecule has 1 aromatic rings. The highest BCUT2D eigenvalue weighted by Gasteiger charge is 2.32. The topological polar surface area (TPSA) is 32.3 Å². The molecule has 0 bridgehead atoms. The highest BCUT2D eigenvalue weighted by Crippen LogP contribution is 2.38. The molecule has 1 aromatic carbocycles. The van der Waals surface area contributed by atoms with E-state index in [0.29, 0.717) is 11.8 Å². The van der Waals surface area contributed by atoms with E-state index in [4.69, 9.17) is 0 Å². The normalized spacial score (nSPS) is 27.6. The molecule has 0 radical (unpaired) electrons. The largest absolute Gasteiger partial charge is 0.508 e. The first-order valence-electron chi connectivity index (χ1n) is 8.85. The summed E-state index contributed by atoms with van der Waals surface area (Å²) in [6.45, 7) is 0.806. The number of phenolic OH excluding ortho intramolecular Hbond substituents is 1. The molecule has 0 heterocycles. The molecular weight excluding hydrogens is 258 g/mol. The van der Waals surface area contributed by atoms with Crippen LogP contribution in [0.3, 0.4) is 0 Å². The first-order valence-corrected chi connectivity index (χ1v) is 8.85. The van der Waals surface area contributed by atoms with Crippen LogP contribution in [0.1, 0.15) is 63.4 Å². The number of rotatable bonds is 4. The molecule has 21 heavy (non-hydrogen) atoms. The predicted octanol–water partition coefficient (Wildman–Crippen LogP) is 4.62. The fourth-order valence-electron chi connectivity index (χ4n) is 4.44. The van der Waals surface area contributed by atoms with Crippen LogP contribution in [0.5, 0.6) is 5.75 Å². The smallest absolute Gasteiger partial charge is 0.120 e. The summed E-state index contributed by atoms with van der Waals surface area (Å²) in [5.74, 6) is 2.24. The molecule has 0 amide bonds. The Bertz CT molecular complexity index is 439. The van der Waals surface area contributed by atoms with E-state index in [1.807, 2.05) is 18.2 Å². The third-order valence-electron chi connectivity index (χ3n) is 5.62. The Balaban J connectivity index is 1.60. The van der Waals surface area contributed by atoms with E-state index < -0.39 is 0 Å². The molecule has 2 aliphatic rings. The summed E-state index contributed by atoms with van der Waals surface area (Å²) in [7, 11) is 0. The van der Waals surface area contributed by atoms with Gasteiger partial charge in [-0.15, -0.1) is 0 Å². The van der Waals surface area contributed by atoms with Crippen molar-refractivity contribution >= 4 is 0 Å². The zero-order valence-corrected chi connectivity index (χ0v) is 13.1. The monoisotopic (exact) mass is 287 g/mol. The molecule has 2 fully saturated rings. The van der Waals surface area contributed by atoms with Crippen LogP contribution in [0, 0.1) is 11.8 Å². The van der Waals surface area contributed by atoms with Gasteiger partial charge in [0, 0.05) is 18.2 Å². The van der Waals surface area contributed by atoms with Crippen molar-refractivity contribution < 1.29 is 5.11 Å². The summed E-state index contributed by atoms with van der Waals surface area (Å²) >= 11 is 0. The summed E-state index contributed by atoms with van der Waals surface area (Å²) in [6, 6.07) is 8.37. The molecule has 2 saturated carbocycles. The Morgan fingerprint density at radius 1 is 0.905 bits per heavy atom. The van der Waals surface area contributed by atoms with Gasteiger partial charge in [0.2, 0.25) is 0 Å². The van der Waals surface area contributed by atoms with Gasteiger partial charge in [0.25, 0.3) is 0 Å². The molecule has 2 heteroatoms. The second-order valence-electron chi connectivity index (χ2n) is 6.96. The van der Waals surface area contributed by atoms with Crippen LogP contribution in [0.25, 0.3) is 0 Å². The standard InChI is InChI=1S/C19H29NO/c21-19-13-7-4-10-16(19)14-20-18-12-6-5-11-17(18)15-8-2-1-3-9-15/h4,7,10,13,15,17-18,20-21H,1-3,5-6,8-9,11-12,14H2. The van der Waals surface area contributed by atoms with Crippen molar-refractivity contribution in [2.75, 3.05) is 0 Å². The van der Waals surface area contributed by atoms with Crippen LogP contribution in [0.4, 0.5) is 0 Å². The SMILES string of the molecule is Oc1ccccc1CNC1CCCCC1C1CCCCC1. The lowest BCUT2D eigenvalue weighted by Gasteiger charge is -2.39. The average molecular weight is 287 g/mol. The van der Waals surface area contributed by atoms with E-state index in [1.54, 1.807) is 6.07 Å². The molecule has 2 aliphatic carbocycles. The zero-order chi connectivity index (χ0) is 14.5. The molecule has 2 unspecified atom stereocenters. The maximum Gasteiger partial charge on any atom is 0.120 e. The number of aromatic hydroxyl groups is 1.